The Morgan fingerprint density at radius 3 is 2.68 bits per heavy atom. The predicted octanol–water partition coefficient (Wildman–Crippen LogP) is 1.62. The van der Waals surface area contributed by atoms with Gasteiger partial charge in [-0.25, -0.2) is 17.8 Å². The molecule has 0 aliphatic carbocycles. The number of benzene rings is 1. The minimum Gasteiger partial charge on any atom is -0.338 e. The lowest BCUT2D eigenvalue weighted by Gasteiger charge is -2.06. The molecule has 0 radical (unpaired) electrons. The number of nitrogens with one attached hydrogen (secondary N) is 1. The molecule has 3 aromatic heterocycles. The Morgan fingerprint density at radius 2 is 2.00 bits per heavy atom. The average Bonchev–Trinajstić information content (AvgIpc) is 3.48. The molecule has 0 saturated carbocycles. The molecule has 11 heteroatoms. The van der Waals surface area contributed by atoms with Crippen molar-refractivity contribution in [3.63, 3.8) is 0 Å². The number of aromatic nitrogens is 6. The molecular formula is C17H17N7O3S. The molecule has 0 atom stereocenters. The van der Waals surface area contributed by atoms with E-state index < -0.39 is 10.0 Å². The first-order chi connectivity index (χ1) is 13.5. The Morgan fingerprint density at radius 1 is 1.18 bits per heavy atom. The van der Waals surface area contributed by atoms with Crippen molar-refractivity contribution in [3.8, 4) is 17.1 Å². The van der Waals surface area contributed by atoms with Crippen LogP contribution in [-0.4, -0.2) is 38.1 Å². The number of sulfonamides is 1. The second-order valence-electron chi connectivity index (χ2n) is 5.87. The highest BCUT2D eigenvalue weighted by Crippen LogP contribution is 2.16. The van der Waals surface area contributed by atoms with Crippen LogP contribution in [0.3, 0.4) is 0 Å². The number of aryl methyl sites for hydroxylation is 1. The van der Waals surface area contributed by atoms with Crippen molar-refractivity contribution in [2.24, 2.45) is 0 Å². The van der Waals surface area contributed by atoms with Gasteiger partial charge < -0.3 is 4.52 Å². The summed E-state index contributed by atoms with van der Waals surface area (Å²) in [5, 5.41) is 12.1. The zero-order chi connectivity index (χ0) is 19.6. The summed E-state index contributed by atoms with van der Waals surface area (Å²) in [6.07, 6.45) is 6.85. The molecule has 1 N–H and O–H groups in total. The van der Waals surface area contributed by atoms with E-state index in [0.717, 1.165) is 12.2 Å². The minimum absolute atomic E-state index is 0.113. The standard InChI is InChI=1S/C17H17N7O3S/c1-2-23-12-13(10-19-23)17-21-16(27-22-17)11-20-28(25,26)15-6-4-14(5-7-15)24-9-3-8-18-24/h3-10,12,20H,2,11H2,1H3. The van der Waals surface area contributed by atoms with Crippen LogP contribution < -0.4 is 4.72 Å². The molecule has 3 heterocycles. The van der Waals surface area contributed by atoms with Gasteiger partial charge in [-0.05, 0) is 37.3 Å². The fourth-order valence-electron chi connectivity index (χ4n) is 2.54. The van der Waals surface area contributed by atoms with Crippen LogP contribution in [0.25, 0.3) is 17.1 Å². The van der Waals surface area contributed by atoms with Crippen LogP contribution in [0.1, 0.15) is 12.8 Å². The summed E-state index contributed by atoms with van der Waals surface area (Å²) in [4.78, 5) is 4.33. The SMILES string of the molecule is CCn1cc(-c2noc(CNS(=O)(=O)c3ccc(-n4cccn4)cc3)n2)cn1. The number of rotatable bonds is 7. The zero-order valence-electron chi connectivity index (χ0n) is 14.9. The molecule has 28 heavy (non-hydrogen) atoms. The summed E-state index contributed by atoms with van der Waals surface area (Å²) in [5.41, 5.74) is 1.46. The van der Waals surface area contributed by atoms with E-state index in [4.69, 9.17) is 4.52 Å². The van der Waals surface area contributed by atoms with Crippen LogP contribution in [0, 0.1) is 0 Å². The van der Waals surface area contributed by atoms with Crippen LogP contribution in [0.4, 0.5) is 0 Å². The lowest BCUT2D eigenvalue weighted by Crippen LogP contribution is -2.23. The fourth-order valence-corrected chi connectivity index (χ4v) is 3.51. The highest BCUT2D eigenvalue weighted by atomic mass is 32.2. The van der Waals surface area contributed by atoms with Gasteiger partial charge >= 0.3 is 0 Å². The van der Waals surface area contributed by atoms with Gasteiger partial charge in [0.1, 0.15) is 0 Å². The van der Waals surface area contributed by atoms with E-state index in [0.29, 0.717) is 11.4 Å². The number of hydrogen-bond donors (Lipinski definition) is 1. The fraction of sp³-hybridized carbons (Fsp3) is 0.176. The predicted molar refractivity (Wildman–Crippen MR) is 98.8 cm³/mol. The van der Waals surface area contributed by atoms with Crippen molar-refractivity contribution in [3.05, 3.63) is 61.0 Å². The minimum atomic E-state index is -3.72. The normalized spacial score (nSPS) is 11.8. The Hall–Kier alpha value is -3.31. The molecule has 0 bridgehead atoms. The maximum absolute atomic E-state index is 12.5. The molecule has 0 amide bonds. The van der Waals surface area contributed by atoms with Gasteiger partial charge in [-0.15, -0.1) is 0 Å². The summed E-state index contributed by atoms with van der Waals surface area (Å²) >= 11 is 0. The number of nitrogens with zero attached hydrogens (tertiary/aromatic N) is 6. The largest absolute Gasteiger partial charge is 0.338 e. The van der Waals surface area contributed by atoms with Gasteiger partial charge in [0.2, 0.25) is 21.7 Å². The third kappa shape index (κ3) is 3.70. The van der Waals surface area contributed by atoms with E-state index in [1.165, 1.54) is 12.1 Å². The quantitative estimate of drug-likeness (QED) is 0.501. The Kier molecular flexibility index (Phi) is 4.75. The first-order valence-electron chi connectivity index (χ1n) is 8.50. The van der Waals surface area contributed by atoms with E-state index in [1.54, 1.807) is 52.4 Å². The topological polar surface area (TPSA) is 121 Å². The van der Waals surface area contributed by atoms with Gasteiger partial charge in [0.05, 0.1) is 28.9 Å². The summed E-state index contributed by atoms with van der Waals surface area (Å²) < 4.78 is 35.9. The highest BCUT2D eigenvalue weighted by Gasteiger charge is 2.17. The first kappa shape index (κ1) is 18.1. The Balaban J connectivity index is 1.44. The van der Waals surface area contributed by atoms with Gasteiger partial charge in [0.25, 0.3) is 0 Å². The van der Waals surface area contributed by atoms with Crippen molar-refractivity contribution >= 4 is 10.0 Å². The third-order valence-electron chi connectivity index (χ3n) is 4.01. The van der Waals surface area contributed by atoms with E-state index in [1.807, 2.05) is 6.92 Å². The van der Waals surface area contributed by atoms with Crippen molar-refractivity contribution in [2.45, 2.75) is 24.9 Å². The number of hydrogen-bond acceptors (Lipinski definition) is 7. The van der Waals surface area contributed by atoms with E-state index in [9.17, 15) is 8.42 Å². The molecule has 0 fully saturated rings. The van der Waals surface area contributed by atoms with Gasteiger partial charge in [0, 0.05) is 25.1 Å². The monoisotopic (exact) mass is 399 g/mol. The second kappa shape index (κ2) is 7.37. The van der Waals surface area contributed by atoms with E-state index in [2.05, 4.69) is 25.1 Å². The molecular weight excluding hydrogens is 382 g/mol. The summed E-state index contributed by atoms with van der Waals surface area (Å²) in [6.45, 7) is 2.58. The zero-order valence-corrected chi connectivity index (χ0v) is 15.7. The molecule has 4 aromatic rings. The lowest BCUT2D eigenvalue weighted by molar-refractivity contribution is 0.376. The molecule has 0 aliphatic rings. The van der Waals surface area contributed by atoms with Crippen LogP contribution in [0.2, 0.25) is 0 Å². The highest BCUT2D eigenvalue weighted by molar-refractivity contribution is 7.89. The van der Waals surface area contributed by atoms with Crippen LogP contribution >= 0.6 is 0 Å². The van der Waals surface area contributed by atoms with Crippen LogP contribution in [-0.2, 0) is 23.1 Å². The van der Waals surface area contributed by atoms with Crippen LogP contribution in [0.15, 0.2) is 64.5 Å². The van der Waals surface area contributed by atoms with Crippen molar-refractivity contribution < 1.29 is 12.9 Å². The smallest absolute Gasteiger partial charge is 0.242 e. The molecule has 0 spiro atoms. The molecule has 144 valence electrons. The Labute approximate surface area is 160 Å². The first-order valence-corrected chi connectivity index (χ1v) is 9.98. The van der Waals surface area contributed by atoms with Gasteiger partial charge in [-0.1, -0.05) is 5.16 Å². The van der Waals surface area contributed by atoms with E-state index >= 15 is 0 Å². The van der Waals surface area contributed by atoms with Gasteiger partial charge in [0.15, 0.2) is 0 Å². The molecule has 10 nitrogen and oxygen atoms in total. The van der Waals surface area contributed by atoms with Crippen LogP contribution in [0.5, 0.6) is 0 Å². The van der Waals surface area contributed by atoms with Crippen molar-refractivity contribution in [2.75, 3.05) is 0 Å². The molecule has 0 saturated heterocycles. The van der Waals surface area contributed by atoms with E-state index in [-0.39, 0.29) is 17.3 Å². The lowest BCUT2D eigenvalue weighted by atomic mass is 10.3. The van der Waals surface area contributed by atoms with Crippen molar-refractivity contribution in [1.29, 1.82) is 0 Å². The summed E-state index contributed by atoms with van der Waals surface area (Å²) in [6, 6.07) is 8.17. The Bertz CT molecular complexity index is 1160. The van der Waals surface area contributed by atoms with Gasteiger partial charge in [-0.2, -0.15) is 15.2 Å². The molecule has 4 rings (SSSR count). The third-order valence-corrected chi connectivity index (χ3v) is 5.43. The average molecular weight is 399 g/mol. The van der Waals surface area contributed by atoms with Crippen molar-refractivity contribution in [1.82, 2.24) is 34.4 Å². The maximum atomic E-state index is 12.5. The summed E-state index contributed by atoms with van der Waals surface area (Å²) in [7, 11) is -3.72. The molecule has 0 unspecified atom stereocenters. The summed E-state index contributed by atoms with van der Waals surface area (Å²) in [5.74, 6) is 0.522. The molecule has 1 aromatic carbocycles. The van der Waals surface area contributed by atoms with Gasteiger partial charge in [-0.3, -0.25) is 4.68 Å². The maximum Gasteiger partial charge on any atom is 0.242 e. The second-order valence-corrected chi connectivity index (χ2v) is 7.63. The molecule has 0 aliphatic heterocycles.